The van der Waals surface area contributed by atoms with Crippen molar-refractivity contribution in [3.63, 3.8) is 0 Å². The molecule has 0 saturated carbocycles. The van der Waals surface area contributed by atoms with Crippen molar-refractivity contribution in [3.8, 4) is 0 Å². The topological polar surface area (TPSA) is 61.2 Å². The molecule has 22 heavy (non-hydrogen) atoms. The van der Waals surface area contributed by atoms with Crippen LogP contribution in [0.25, 0.3) is 10.2 Å². The molecule has 0 atom stereocenters. The molecule has 0 fully saturated rings. The van der Waals surface area contributed by atoms with Crippen LogP contribution in [-0.4, -0.2) is 28.4 Å². The average molecular weight is 340 g/mol. The van der Waals surface area contributed by atoms with E-state index in [0.717, 1.165) is 16.1 Å². The van der Waals surface area contributed by atoms with Gasteiger partial charge >= 0.3 is 5.97 Å². The van der Waals surface area contributed by atoms with Gasteiger partial charge in [-0.2, -0.15) is 0 Å². The molecule has 0 spiro atoms. The monoisotopic (exact) mass is 340 g/mol. The van der Waals surface area contributed by atoms with E-state index in [1.165, 1.54) is 27.7 Å². The smallest absolute Gasteiger partial charge is 0.331 e. The third-order valence-electron chi connectivity index (χ3n) is 3.45. The summed E-state index contributed by atoms with van der Waals surface area (Å²) < 4.78 is 6.57. The van der Waals surface area contributed by atoms with Crippen LogP contribution in [0.4, 0.5) is 0 Å². The lowest BCUT2D eigenvalue weighted by atomic mass is 10.1. The predicted octanol–water partition coefficient (Wildman–Crippen LogP) is 3.04. The zero-order valence-corrected chi connectivity index (χ0v) is 15.1. The first-order valence-corrected chi connectivity index (χ1v) is 9.18. The lowest BCUT2D eigenvalue weighted by Crippen LogP contribution is -2.45. The molecule has 5 nitrogen and oxygen atoms in total. The molecular weight excluding hydrogens is 320 g/mol. The summed E-state index contributed by atoms with van der Waals surface area (Å²) in [5.74, 6) is -0.431. The van der Waals surface area contributed by atoms with Crippen molar-refractivity contribution in [2.24, 2.45) is 0 Å². The van der Waals surface area contributed by atoms with Crippen molar-refractivity contribution in [3.05, 3.63) is 21.3 Å². The molecule has 0 radical (unpaired) electrons. The van der Waals surface area contributed by atoms with Gasteiger partial charge in [-0.15, -0.1) is 11.3 Å². The van der Waals surface area contributed by atoms with Crippen LogP contribution >= 0.6 is 23.1 Å². The molecule has 0 aliphatic rings. The maximum Gasteiger partial charge on any atom is 0.331 e. The minimum atomic E-state index is -1.10. The molecule has 0 unspecified atom stereocenters. The normalized spacial score (nSPS) is 11.9. The summed E-state index contributed by atoms with van der Waals surface area (Å²) in [6, 6.07) is 1.87. The van der Waals surface area contributed by atoms with Gasteiger partial charge in [0.05, 0.1) is 12.0 Å². The summed E-state index contributed by atoms with van der Waals surface area (Å²) in [6.45, 7) is 7.44. The number of fused-ring (bicyclic) bond motifs is 1. The highest BCUT2D eigenvalue weighted by molar-refractivity contribution is 7.98. The second-order valence-electron chi connectivity index (χ2n) is 5.30. The predicted molar refractivity (Wildman–Crippen MR) is 91.0 cm³/mol. The molecule has 0 aliphatic heterocycles. The van der Waals surface area contributed by atoms with Crippen LogP contribution in [0.15, 0.2) is 16.0 Å². The van der Waals surface area contributed by atoms with E-state index in [0.29, 0.717) is 10.5 Å². The van der Waals surface area contributed by atoms with E-state index in [1.807, 2.05) is 19.2 Å². The van der Waals surface area contributed by atoms with Gasteiger partial charge in [0.2, 0.25) is 0 Å². The number of carbonyl (C=O) groups is 1. The van der Waals surface area contributed by atoms with Crippen molar-refractivity contribution in [1.82, 2.24) is 9.55 Å². The van der Waals surface area contributed by atoms with Crippen LogP contribution in [-0.2, 0) is 21.5 Å². The van der Waals surface area contributed by atoms with Gasteiger partial charge in [0, 0.05) is 4.88 Å². The third-order valence-corrected chi connectivity index (χ3v) is 5.26. The van der Waals surface area contributed by atoms with Crippen LogP contribution in [0, 0.1) is 0 Å². The lowest BCUT2D eigenvalue weighted by molar-refractivity contribution is -0.152. The zero-order valence-electron chi connectivity index (χ0n) is 13.4. The van der Waals surface area contributed by atoms with Crippen molar-refractivity contribution >= 4 is 39.3 Å². The first-order chi connectivity index (χ1) is 10.4. The number of aromatic nitrogens is 2. The SMILES string of the molecule is CCOC(=O)C(C)(C)n1c(SC)nc2sc(CC)cc2c1=O. The molecule has 0 aliphatic carbocycles. The highest BCUT2D eigenvalue weighted by atomic mass is 32.2. The minimum Gasteiger partial charge on any atom is -0.464 e. The van der Waals surface area contributed by atoms with Gasteiger partial charge < -0.3 is 4.74 Å². The number of hydrogen-bond acceptors (Lipinski definition) is 6. The quantitative estimate of drug-likeness (QED) is 0.476. The Labute approximate surface area is 137 Å². The molecule has 0 saturated heterocycles. The number of thiophene rings is 1. The first-order valence-electron chi connectivity index (χ1n) is 7.13. The van der Waals surface area contributed by atoms with Crippen molar-refractivity contribution in [2.45, 2.75) is 44.8 Å². The Morgan fingerprint density at radius 2 is 2.14 bits per heavy atom. The zero-order chi connectivity index (χ0) is 16.5. The summed E-state index contributed by atoms with van der Waals surface area (Å²) in [5, 5.41) is 1.09. The Morgan fingerprint density at radius 1 is 1.45 bits per heavy atom. The molecule has 2 rings (SSSR count). The second-order valence-corrected chi connectivity index (χ2v) is 7.19. The van der Waals surface area contributed by atoms with Crippen LogP contribution < -0.4 is 5.56 Å². The molecular formula is C15H20N2O3S2. The van der Waals surface area contributed by atoms with Gasteiger partial charge in [0.15, 0.2) is 5.16 Å². The Bertz CT molecular complexity index is 762. The number of carbonyl (C=O) groups excluding carboxylic acids is 1. The van der Waals surface area contributed by atoms with E-state index in [9.17, 15) is 9.59 Å². The van der Waals surface area contributed by atoms with E-state index >= 15 is 0 Å². The highest BCUT2D eigenvalue weighted by Crippen LogP contribution is 2.28. The number of hydrogen-bond donors (Lipinski definition) is 0. The van der Waals surface area contributed by atoms with E-state index in [1.54, 1.807) is 20.8 Å². The van der Waals surface area contributed by atoms with Crippen LogP contribution in [0.3, 0.4) is 0 Å². The minimum absolute atomic E-state index is 0.191. The van der Waals surface area contributed by atoms with Gasteiger partial charge in [0.25, 0.3) is 5.56 Å². The van der Waals surface area contributed by atoms with Crippen molar-refractivity contribution in [1.29, 1.82) is 0 Å². The molecule has 0 aromatic carbocycles. The highest BCUT2D eigenvalue weighted by Gasteiger charge is 2.35. The Kier molecular flexibility index (Phi) is 4.97. The maximum absolute atomic E-state index is 12.9. The fourth-order valence-corrected chi connectivity index (χ4v) is 3.91. The van der Waals surface area contributed by atoms with E-state index in [2.05, 4.69) is 4.98 Å². The third kappa shape index (κ3) is 2.79. The Balaban J connectivity index is 2.74. The van der Waals surface area contributed by atoms with Crippen molar-refractivity contribution < 1.29 is 9.53 Å². The van der Waals surface area contributed by atoms with E-state index in [-0.39, 0.29) is 12.2 Å². The second kappa shape index (κ2) is 6.42. The number of nitrogens with zero attached hydrogens (tertiary/aromatic N) is 2. The average Bonchev–Trinajstić information content (AvgIpc) is 2.90. The van der Waals surface area contributed by atoms with Crippen LogP contribution in [0.2, 0.25) is 0 Å². The first kappa shape index (κ1) is 17.0. The summed E-state index contributed by atoms with van der Waals surface area (Å²) in [6.07, 6.45) is 2.70. The molecule has 7 heteroatoms. The molecule has 120 valence electrons. The van der Waals surface area contributed by atoms with Crippen LogP contribution in [0.1, 0.15) is 32.6 Å². The maximum atomic E-state index is 12.9. The fraction of sp³-hybridized carbons (Fsp3) is 0.533. The lowest BCUT2D eigenvalue weighted by Gasteiger charge is -2.26. The Hall–Kier alpha value is -1.34. The molecule has 2 heterocycles. The number of aryl methyl sites for hydroxylation is 1. The summed E-state index contributed by atoms with van der Waals surface area (Å²) in [5.41, 5.74) is -1.29. The van der Waals surface area contributed by atoms with Gasteiger partial charge in [-0.25, -0.2) is 9.78 Å². The van der Waals surface area contributed by atoms with Gasteiger partial charge in [-0.1, -0.05) is 18.7 Å². The Morgan fingerprint density at radius 3 is 2.68 bits per heavy atom. The number of rotatable bonds is 5. The molecule has 2 aromatic rings. The van der Waals surface area contributed by atoms with Gasteiger partial charge in [-0.05, 0) is 39.5 Å². The molecule has 0 N–H and O–H groups in total. The number of ether oxygens (including phenoxy) is 1. The summed E-state index contributed by atoms with van der Waals surface area (Å²) in [7, 11) is 0. The molecule has 0 amide bonds. The van der Waals surface area contributed by atoms with Gasteiger partial charge in [0.1, 0.15) is 10.4 Å². The molecule has 0 bridgehead atoms. The van der Waals surface area contributed by atoms with E-state index < -0.39 is 11.5 Å². The largest absolute Gasteiger partial charge is 0.464 e. The summed E-state index contributed by atoms with van der Waals surface area (Å²) in [4.78, 5) is 31.6. The fourth-order valence-electron chi connectivity index (χ4n) is 2.21. The van der Waals surface area contributed by atoms with E-state index in [4.69, 9.17) is 4.74 Å². The number of esters is 1. The van der Waals surface area contributed by atoms with Gasteiger partial charge in [-0.3, -0.25) is 9.36 Å². The van der Waals surface area contributed by atoms with Crippen molar-refractivity contribution in [2.75, 3.05) is 12.9 Å². The summed E-state index contributed by atoms with van der Waals surface area (Å²) >= 11 is 2.88. The number of thioether (sulfide) groups is 1. The standard InChI is InChI=1S/C15H20N2O3S2/c1-6-9-8-10-11(22-9)16-14(21-5)17(12(10)18)15(3,4)13(19)20-7-2/h8H,6-7H2,1-5H3. The van der Waals surface area contributed by atoms with Crippen LogP contribution in [0.5, 0.6) is 0 Å². The molecule has 2 aromatic heterocycles.